The first-order valence-corrected chi connectivity index (χ1v) is 6.15. The third-order valence-corrected chi connectivity index (χ3v) is 3.30. The summed E-state index contributed by atoms with van der Waals surface area (Å²) in [7, 11) is 0. The van der Waals surface area contributed by atoms with Crippen LogP contribution in [-0.4, -0.2) is 12.3 Å². The highest BCUT2D eigenvalue weighted by molar-refractivity contribution is 6.01. The predicted octanol–water partition coefficient (Wildman–Crippen LogP) is 3.29. The average molecular weight is 233 g/mol. The van der Waals surface area contributed by atoms with Crippen LogP contribution in [-0.2, 0) is 0 Å². The van der Waals surface area contributed by atoms with Crippen molar-refractivity contribution in [2.75, 3.05) is 6.54 Å². The van der Waals surface area contributed by atoms with E-state index in [0.29, 0.717) is 12.5 Å². The summed E-state index contributed by atoms with van der Waals surface area (Å²) in [6, 6.07) is 6.13. The molecule has 0 spiro atoms. The molecule has 0 saturated carbocycles. The molecule has 94 valence electrons. The van der Waals surface area contributed by atoms with Gasteiger partial charge in [-0.3, -0.25) is 4.79 Å². The fraction of sp³-hybridized carbons (Fsp3) is 0.533. The first-order valence-electron chi connectivity index (χ1n) is 6.15. The number of hydrogen-bond donors (Lipinski definition) is 1. The van der Waals surface area contributed by atoms with E-state index in [4.69, 9.17) is 5.73 Å². The van der Waals surface area contributed by atoms with E-state index in [0.717, 1.165) is 11.1 Å². The van der Waals surface area contributed by atoms with Crippen molar-refractivity contribution in [3.63, 3.8) is 0 Å². The fourth-order valence-corrected chi connectivity index (χ4v) is 1.70. The zero-order chi connectivity index (χ0) is 13.2. The molecule has 0 fully saturated rings. The van der Waals surface area contributed by atoms with Crippen LogP contribution >= 0.6 is 0 Å². The van der Waals surface area contributed by atoms with Crippen molar-refractivity contribution in [1.29, 1.82) is 0 Å². The Morgan fingerprint density at radius 2 is 1.94 bits per heavy atom. The Morgan fingerprint density at radius 3 is 2.41 bits per heavy atom. The summed E-state index contributed by atoms with van der Waals surface area (Å²) in [5.41, 5.74) is 8.23. The lowest BCUT2D eigenvalue weighted by molar-refractivity contribution is 0.0847. The van der Waals surface area contributed by atoms with Crippen LogP contribution in [0.5, 0.6) is 0 Å². The molecule has 0 aliphatic heterocycles. The lowest BCUT2D eigenvalue weighted by atomic mass is 9.82. The van der Waals surface area contributed by atoms with Gasteiger partial charge in [-0.05, 0) is 30.0 Å². The number of aryl methyl sites for hydroxylation is 1. The van der Waals surface area contributed by atoms with Gasteiger partial charge in [-0.25, -0.2) is 0 Å². The fourth-order valence-electron chi connectivity index (χ4n) is 1.70. The summed E-state index contributed by atoms with van der Waals surface area (Å²) in [6.07, 6.45) is 0. The minimum Gasteiger partial charge on any atom is -0.329 e. The first-order chi connectivity index (χ1) is 7.79. The molecule has 0 radical (unpaired) electrons. The zero-order valence-electron chi connectivity index (χ0n) is 11.5. The Morgan fingerprint density at radius 1 is 1.35 bits per heavy atom. The van der Waals surface area contributed by atoms with Crippen LogP contribution in [0.3, 0.4) is 0 Å². The maximum absolute atomic E-state index is 12.4. The standard InChI is InChI=1S/C15H23NO/c1-10(2)12-7-6-11(3)13(8-12)14(17)15(4,5)9-16/h6-8,10H,9,16H2,1-5H3. The topological polar surface area (TPSA) is 43.1 Å². The number of rotatable bonds is 4. The van der Waals surface area contributed by atoms with Crippen LogP contribution in [0.25, 0.3) is 0 Å². The van der Waals surface area contributed by atoms with E-state index < -0.39 is 5.41 Å². The molecule has 0 unspecified atom stereocenters. The van der Waals surface area contributed by atoms with Gasteiger partial charge >= 0.3 is 0 Å². The highest BCUT2D eigenvalue weighted by Crippen LogP contribution is 2.25. The second-order valence-electron chi connectivity index (χ2n) is 5.65. The van der Waals surface area contributed by atoms with Gasteiger partial charge < -0.3 is 5.73 Å². The van der Waals surface area contributed by atoms with E-state index in [9.17, 15) is 4.79 Å². The minimum atomic E-state index is -0.486. The molecule has 0 bridgehead atoms. The Labute approximate surface area is 104 Å². The van der Waals surface area contributed by atoms with E-state index in [1.807, 2.05) is 32.9 Å². The Kier molecular flexibility index (Phi) is 4.10. The molecule has 0 aliphatic rings. The number of Topliss-reactive ketones (excluding diaryl/α,β-unsaturated/α-hetero) is 1. The normalized spacial score (nSPS) is 11.9. The average Bonchev–Trinajstić information content (AvgIpc) is 2.28. The van der Waals surface area contributed by atoms with Gasteiger partial charge in [0.2, 0.25) is 0 Å². The van der Waals surface area contributed by atoms with Crippen molar-refractivity contribution < 1.29 is 4.79 Å². The van der Waals surface area contributed by atoms with E-state index in [1.54, 1.807) is 0 Å². The Hall–Kier alpha value is -1.15. The second kappa shape index (κ2) is 5.01. The van der Waals surface area contributed by atoms with Gasteiger partial charge in [0.1, 0.15) is 0 Å². The van der Waals surface area contributed by atoms with Gasteiger partial charge in [0.15, 0.2) is 5.78 Å². The van der Waals surface area contributed by atoms with Gasteiger partial charge in [-0.1, -0.05) is 39.8 Å². The van der Waals surface area contributed by atoms with E-state index in [1.165, 1.54) is 5.56 Å². The van der Waals surface area contributed by atoms with Crippen molar-refractivity contribution in [2.24, 2.45) is 11.1 Å². The molecule has 0 saturated heterocycles. The van der Waals surface area contributed by atoms with Crippen LogP contribution in [0.2, 0.25) is 0 Å². The Bertz CT molecular complexity index is 419. The molecule has 0 heterocycles. The van der Waals surface area contributed by atoms with Gasteiger partial charge in [0.05, 0.1) is 0 Å². The van der Waals surface area contributed by atoms with Crippen molar-refractivity contribution in [1.82, 2.24) is 0 Å². The lowest BCUT2D eigenvalue weighted by Gasteiger charge is -2.22. The molecule has 1 aromatic rings. The van der Waals surface area contributed by atoms with E-state index >= 15 is 0 Å². The number of ketones is 1. The van der Waals surface area contributed by atoms with E-state index in [2.05, 4.69) is 19.9 Å². The molecule has 0 aromatic heterocycles. The molecular weight excluding hydrogens is 210 g/mol. The van der Waals surface area contributed by atoms with Gasteiger partial charge in [0.25, 0.3) is 0 Å². The maximum Gasteiger partial charge on any atom is 0.169 e. The van der Waals surface area contributed by atoms with Crippen molar-refractivity contribution in [3.05, 3.63) is 34.9 Å². The molecule has 2 N–H and O–H groups in total. The second-order valence-corrected chi connectivity index (χ2v) is 5.65. The summed E-state index contributed by atoms with van der Waals surface area (Å²) >= 11 is 0. The number of carbonyl (C=O) groups excluding carboxylic acids is 1. The zero-order valence-corrected chi connectivity index (χ0v) is 11.5. The maximum atomic E-state index is 12.4. The molecule has 0 amide bonds. The Balaban J connectivity index is 3.22. The summed E-state index contributed by atoms with van der Waals surface area (Å²) in [5, 5.41) is 0. The quantitative estimate of drug-likeness (QED) is 0.811. The molecule has 1 rings (SSSR count). The smallest absolute Gasteiger partial charge is 0.169 e. The van der Waals surface area contributed by atoms with Crippen molar-refractivity contribution >= 4 is 5.78 Å². The van der Waals surface area contributed by atoms with Crippen LogP contribution in [0.4, 0.5) is 0 Å². The predicted molar refractivity (Wildman–Crippen MR) is 72.4 cm³/mol. The number of hydrogen-bond acceptors (Lipinski definition) is 2. The van der Waals surface area contributed by atoms with E-state index in [-0.39, 0.29) is 5.78 Å². The van der Waals surface area contributed by atoms with Gasteiger partial charge in [-0.2, -0.15) is 0 Å². The molecule has 17 heavy (non-hydrogen) atoms. The SMILES string of the molecule is Cc1ccc(C(C)C)cc1C(=O)C(C)(C)CN. The van der Waals surface area contributed by atoms with Crippen LogP contribution in [0.15, 0.2) is 18.2 Å². The van der Waals surface area contributed by atoms with Crippen LogP contribution < -0.4 is 5.73 Å². The number of benzene rings is 1. The van der Waals surface area contributed by atoms with Crippen molar-refractivity contribution in [2.45, 2.75) is 40.5 Å². The molecular formula is C15H23NO. The molecule has 0 aliphatic carbocycles. The molecule has 1 aromatic carbocycles. The molecule has 2 heteroatoms. The lowest BCUT2D eigenvalue weighted by Crippen LogP contribution is -2.33. The highest BCUT2D eigenvalue weighted by atomic mass is 16.1. The third kappa shape index (κ3) is 2.95. The molecule has 0 atom stereocenters. The number of carbonyl (C=O) groups is 1. The van der Waals surface area contributed by atoms with Crippen LogP contribution in [0, 0.1) is 12.3 Å². The molecule has 2 nitrogen and oxygen atoms in total. The highest BCUT2D eigenvalue weighted by Gasteiger charge is 2.28. The first kappa shape index (κ1) is 13.9. The summed E-state index contributed by atoms with van der Waals surface area (Å²) in [4.78, 5) is 12.4. The van der Waals surface area contributed by atoms with Gasteiger partial charge in [-0.15, -0.1) is 0 Å². The largest absolute Gasteiger partial charge is 0.329 e. The monoisotopic (exact) mass is 233 g/mol. The third-order valence-electron chi connectivity index (χ3n) is 3.30. The summed E-state index contributed by atoms with van der Waals surface area (Å²) in [6.45, 7) is 10.4. The minimum absolute atomic E-state index is 0.139. The number of nitrogens with two attached hydrogens (primary N) is 1. The summed E-state index contributed by atoms with van der Waals surface area (Å²) < 4.78 is 0. The van der Waals surface area contributed by atoms with Gasteiger partial charge in [0, 0.05) is 17.5 Å². The summed E-state index contributed by atoms with van der Waals surface area (Å²) in [5.74, 6) is 0.572. The van der Waals surface area contributed by atoms with Crippen LogP contribution in [0.1, 0.15) is 55.1 Å². The van der Waals surface area contributed by atoms with Crippen molar-refractivity contribution in [3.8, 4) is 0 Å².